The predicted molar refractivity (Wildman–Crippen MR) is 91.9 cm³/mol. The summed E-state index contributed by atoms with van der Waals surface area (Å²) in [6, 6.07) is 7.65. The van der Waals surface area contributed by atoms with Crippen LogP contribution in [0.25, 0.3) is 0 Å². The van der Waals surface area contributed by atoms with Crippen LogP contribution in [-0.4, -0.2) is 39.4 Å². The van der Waals surface area contributed by atoms with E-state index >= 15 is 0 Å². The molecule has 0 saturated heterocycles. The van der Waals surface area contributed by atoms with Crippen LogP contribution in [-0.2, 0) is 13.6 Å². The van der Waals surface area contributed by atoms with Crippen LogP contribution in [0.2, 0.25) is 5.02 Å². The maximum absolute atomic E-state index is 12.7. The molecule has 6 nitrogen and oxygen atoms in total. The molecule has 0 fully saturated rings. The molecule has 0 radical (unpaired) electrons. The molecule has 23 heavy (non-hydrogen) atoms. The summed E-state index contributed by atoms with van der Waals surface area (Å²) in [6.45, 7) is 1.80. The van der Waals surface area contributed by atoms with Crippen molar-refractivity contribution >= 4 is 45.2 Å². The Bertz CT molecular complexity index is 829. The Morgan fingerprint density at radius 3 is 2.78 bits per heavy atom. The monoisotopic (exact) mass is 393 g/mol. The number of carbonyl (C=O) groups excluding carboxylic acids is 1. The fraction of sp³-hybridized carbons (Fsp3) is 0.267. The molecule has 1 amide bonds. The van der Waals surface area contributed by atoms with Gasteiger partial charge in [0, 0.05) is 18.6 Å². The average Bonchev–Trinajstić information content (AvgIpc) is 3.12. The number of hydrogen-bond acceptors (Lipinski definition) is 4. The van der Waals surface area contributed by atoms with Crippen molar-refractivity contribution in [2.24, 2.45) is 12.0 Å². The van der Waals surface area contributed by atoms with Gasteiger partial charge in [0.25, 0.3) is 5.91 Å². The fourth-order valence-corrected chi connectivity index (χ4v) is 3.36. The molecule has 1 aromatic heterocycles. The Hall–Kier alpha value is -1.86. The Balaban J connectivity index is 1.80. The number of imidazole rings is 1. The van der Waals surface area contributed by atoms with Crippen LogP contribution in [0.15, 0.2) is 34.0 Å². The average molecular weight is 395 g/mol. The summed E-state index contributed by atoms with van der Waals surface area (Å²) < 4.78 is 2.39. The van der Waals surface area contributed by atoms with Crippen molar-refractivity contribution in [3.63, 3.8) is 0 Å². The van der Waals surface area contributed by atoms with Crippen molar-refractivity contribution in [2.45, 2.75) is 6.54 Å². The molecule has 0 aliphatic carbocycles. The molecule has 2 aliphatic heterocycles. The molecule has 0 N–H and O–H groups in total. The molecular weight excluding hydrogens is 382 g/mol. The number of anilines is 1. The number of hydrogen-bond donors (Lipinski definition) is 0. The number of amides is 1. The van der Waals surface area contributed by atoms with Crippen molar-refractivity contribution in [2.75, 3.05) is 18.0 Å². The van der Waals surface area contributed by atoms with E-state index in [0.29, 0.717) is 46.9 Å². The lowest BCUT2D eigenvalue weighted by molar-refractivity contribution is 0.0842. The van der Waals surface area contributed by atoms with Gasteiger partial charge in [0.15, 0.2) is 16.2 Å². The third kappa shape index (κ3) is 2.26. The van der Waals surface area contributed by atoms with Crippen LogP contribution in [0.4, 0.5) is 5.82 Å². The maximum atomic E-state index is 12.7. The van der Waals surface area contributed by atoms with Crippen LogP contribution >= 0.6 is 27.5 Å². The summed E-state index contributed by atoms with van der Waals surface area (Å²) in [7, 11) is 1.83. The number of fused-ring (bicyclic) bond motifs is 2. The third-order valence-corrected chi connectivity index (χ3v) is 5.00. The van der Waals surface area contributed by atoms with Crippen LogP contribution in [0.5, 0.6) is 0 Å². The summed E-state index contributed by atoms with van der Waals surface area (Å²) >= 11 is 9.36. The van der Waals surface area contributed by atoms with Crippen molar-refractivity contribution in [1.82, 2.24) is 14.5 Å². The first-order chi connectivity index (χ1) is 11.1. The third-order valence-electron chi connectivity index (χ3n) is 4.04. The van der Waals surface area contributed by atoms with E-state index in [0.717, 1.165) is 5.56 Å². The summed E-state index contributed by atoms with van der Waals surface area (Å²) in [5, 5.41) is 0.698. The highest BCUT2D eigenvalue weighted by atomic mass is 79.9. The second-order valence-electron chi connectivity index (χ2n) is 5.46. The normalized spacial score (nSPS) is 16.5. The Morgan fingerprint density at radius 2 is 2.04 bits per heavy atom. The van der Waals surface area contributed by atoms with Crippen LogP contribution in [0.1, 0.15) is 16.1 Å². The smallest absolute Gasteiger partial charge is 0.281 e. The van der Waals surface area contributed by atoms with Crippen LogP contribution in [0.3, 0.4) is 0 Å². The van der Waals surface area contributed by atoms with E-state index in [2.05, 4.69) is 25.9 Å². The molecule has 3 heterocycles. The Kier molecular flexibility index (Phi) is 3.42. The fourth-order valence-electron chi connectivity index (χ4n) is 2.88. The standard InChI is InChI=1S/C15H13BrClN5O/c1-20-11-12(19-14(20)16)22(8-9-2-4-10(17)5-3-9)15-18-6-7-21(15)13(11)23/h2-5H,6-8H2,1H3. The van der Waals surface area contributed by atoms with E-state index in [1.54, 1.807) is 9.47 Å². The Labute approximate surface area is 146 Å². The van der Waals surface area contributed by atoms with Gasteiger partial charge in [-0.2, -0.15) is 0 Å². The van der Waals surface area contributed by atoms with E-state index in [-0.39, 0.29) is 5.91 Å². The van der Waals surface area contributed by atoms with Gasteiger partial charge in [-0.25, -0.2) is 4.98 Å². The minimum absolute atomic E-state index is 0.0516. The zero-order valence-electron chi connectivity index (χ0n) is 12.3. The highest BCUT2D eigenvalue weighted by Gasteiger charge is 2.41. The number of halogens is 2. The van der Waals surface area contributed by atoms with Crippen LogP contribution < -0.4 is 4.90 Å². The molecule has 0 unspecified atom stereocenters. The number of carbonyl (C=O) groups is 1. The summed E-state index contributed by atoms with van der Waals surface area (Å²) in [5.74, 6) is 1.25. The van der Waals surface area contributed by atoms with Crippen LogP contribution in [0, 0.1) is 0 Å². The molecular formula is C15H13BrClN5O. The van der Waals surface area contributed by atoms with Gasteiger partial charge in [0.05, 0.1) is 13.1 Å². The van der Waals surface area contributed by atoms with Crippen molar-refractivity contribution in [1.29, 1.82) is 0 Å². The van der Waals surface area contributed by atoms with E-state index < -0.39 is 0 Å². The molecule has 118 valence electrons. The van der Waals surface area contributed by atoms with Gasteiger partial charge >= 0.3 is 0 Å². The molecule has 0 bridgehead atoms. The van der Waals surface area contributed by atoms with Gasteiger partial charge in [-0.15, -0.1) is 0 Å². The number of aromatic nitrogens is 2. The maximum Gasteiger partial charge on any atom is 0.281 e. The van der Waals surface area contributed by atoms with E-state index in [9.17, 15) is 4.79 Å². The minimum atomic E-state index is -0.0516. The predicted octanol–water partition coefficient (Wildman–Crippen LogP) is 2.67. The quantitative estimate of drug-likeness (QED) is 0.787. The second-order valence-corrected chi connectivity index (χ2v) is 6.61. The number of nitrogens with zero attached hydrogens (tertiary/aromatic N) is 5. The number of aliphatic imine (C=N–C) groups is 1. The van der Waals surface area contributed by atoms with Gasteiger partial charge in [-0.1, -0.05) is 23.7 Å². The Morgan fingerprint density at radius 1 is 1.30 bits per heavy atom. The summed E-state index contributed by atoms with van der Waals surface area (Å²) in [6.07, 6.45) is 0. The van der Waals surface area contributed by atoms with Crippen molar-refractivity contribution < 1.29 is 4.79 Å². The lowest BCUT2D eigenvalue weighted by Crippen LogP contribution is -2.50. The van der Waals surface area contributed by atoms with Gasteiger partial charge in [-0.3, -0.25) is 19.6 Å². The lowest BCUT2D eigenvalue weighted by atomic mass is 10.2. The van der Waals surface area contributed by atoms with Gasteiger partial charge < -0.3 is 4.57 Å². The highest BCUT2D eigenvalue weighted by molar-refractivity contribution is 9.10. The molecule has 0 atom stereocenters. The van der Waals surface area contributed by atoms with Gasteiger partial charge in [0.1, 0.15) is 0 Å². The minimum Gasteiger partial charge on any atom is -0.316 e. The number of benzene rings is 1. The first kappa shape index (κ1) is 14.7. The first-order valence-corrected chi connectivity index (χ1v) is 8.34. The summed E-state index contributed by atoms with van der Waals surface area (Å²) in [4.78, 5) is 25.4. The molecule has 8 heteroatoms. The van der Waals surface area contributed by atoms with Gasteiger partial charge in [-0.05, 0) is 33.6 Å². The zero-order chi connectivity index (χ0) is 16.1. The SMILES string of the molecule is Cn1c(Br)nc2c1C(=O)N1CCN=C1N2Cc1ccc(Cl)cc1. The molecule has 0 saturated carbocycles. The second kappa shape index (κ2) is 5.35. The largest absolute Gasteiger partial charge is 0.316 e. The van der Waals surface area contributed by atoms with Crippen molar-refractivity contribution in [3.8, 4) is 0 Å². The topological polar surface area (TPSA) is 53.7 Å². The number of guanidine groups is 1. The lowest BCUT2D eigenvalue weighted by Gasteiger charge is -2.33. The van der Waals surface area contributed by atoms with Gasteiger partial charge in [0.2, 0.25) is 5.96 Å². The van der Waals surface area contributed by atoms with E-state index in [1.807, 2.05) is 36.2 Å². The zero-order valence-corrected chi connectivity index (χ0v) is 14.7. The summed E-state index contributed by atoms with van der Waals surface area (Å²) in [5.41, 5.74) is 1.65. The highest BCUT2D eigenvalue weighted by Crippen LogP contribution is 2.32. The van der Waals surface area contributed by atoms with E-state index in [4.69, 9.17) is 11.6 Å². The molecule has 2 aromatic rings. The molecule has 2 aliphatic rings. The number of rotatable bonds is 2. The van der Waals surface area contributed by atoms with Crippen molar-refractivity contribution in [3.05, 3.63) is 45.3 Å². The molecule has 0 spiro atoms. The molecule has 1 aromatic carbocycles. The first-order valence-electron chi connectivity index (χ1n) is 7.17. The molecule has 4 rings (SSSR count). The van der Waals surface area contributed by atoms with E-state index in [1.165, 1.54) is 0 Å².